The van der Waals surface area contributed by atoms with Gasteiger partial charge in [-0.25, -0.2) is 0 Å². The third-order valence-electron chi connectivity index (χ3n) is 3.31. The molecular weight excluding hydrogens is 256 g/mol. The minimum Gasteiger partial charge on any atom is -0.496 e. The monoisotopic (exact) mass is 268 g/mol. The fourth-order valence-electron chi connectivity index (χ4n) is 2.30. The molecule has 3 rings (SSSR count). The van der Waals surface area contributed by atoms with Crippen molar-refractivity contribution in [3.05, 3.63) is 34.9 Å². The summed E-state index contributed by atoms with van der Waals surface area (Å²) in [6, 6.07) is 7.47. The number of hydrogen-bond acceptors (Lipinski definition) is 6. The first kappa shape index (κ1) is 12.1. The first-order valence-corrected chi connectivity index (χ1v) is 5.97. The van der Waals surface area contributed by atoms with Crippen molar-refractivity contribution in [3.8, 4) is 23.4 Å². The van der Waals surface area contributed by atoms with Gasteiger partial charge in [-0.15, -0.1) is 0 Å². The van der Waals surface area contributed by atoms with Crippen molar-refractivity contribution in [1.82, 2.24) is 4.98 Å². The van der Waals surface area contributed by atoms with Crippen LogP contribution in [0.25, 0.3) is 0 Å². The van der Waals surface area contributed by atoms with Crippen molar-refractivity contribution in [3.63, 3.8) is 0 Å². The van der Waals surface area contributed by atoms with Gasteiger partial charge in [-0.05, 0) is 12.1 Å². The van der Waals surface area contributed by atoms with Gasteiger partial charge in [-0.3, -0.25) is 0 Å². The molecule has 0 amide bonds. The van der Waals surface area contributed by atoms with Crippen LogP contribution in [0.5, 0.6) is 17.4 Å². The molecule has 2 heterocycles. The fourth-order valence-corrected chi connectivity index (χ4v) is 2.30. The Balaban J connectivity index is 2.19. The summed E-state index contributed by atoms with van der Waals surface area (Å²) in [6.45, 7) is 0. The first-order chi connectivity index (χ1) is 9.65. The Morgan fingerprint density at radius 2 is 2.15 bits per heavy atom. The molecule has 1 aliphatic rings. The third-order valence-corrected chi connectivity index (χ3v) is 3.31. The van der Waals surface area contributed by atoms with E-state index in [-0.39, 0.29) is 11.4 Å². The lowest BCUT2D eigenvalue weighted by Crippen LogP contribution is -2.12. The number of anilines is 2. The highest BCUT2D eigenvalue weighted by Gasteiger charge is 2.26. The van der Waals surface area contributed by atoms with E-state index in [1.54, 1.807) is 7.11 Å². The van der Waals surface area contributed by atoms with Crippen LogP contribution in [0, 0.1) is 11.3 Å². The molecule has 0 atom stereocenters. The van der Waals surface area contributed by atoms with Gasteiger partial charge in [0.15, 0.2) is 0 Å². The van der Waals surface area contributed by atoms with Crippen LogP contribution < -0.4 is 20.9 Å². The second kappa shape index (κ2) is 4.31. The summed E-state index contributed by atoms with van der Waals surface area (Å²) >= 11 is 0. The van der Waals surface area contributed by atoms with Gasteiger partial charge in [-0.1, -0.05) is 6.07 Å². The minimum absolute atomic E-state index is 0.0788. The number of nitrogen functional groups attached to an aromatic ring is 2. The quantitative estimate of drug-likeness (QED) is 0.697. The summed E-state index contributed by atoms with van der Waals surface area (Å²) < 4.78 is 11.0. The predicted molar refractivity (Wildman–Crippen MR) is 73.7 cm³/mol. The number of rotatable bonds is 1. The van der Waals surface area contributed by atoms with Gasteiger partial charge < -0.3 is 20.9 Å². The minimum atomic E-state index is 0.0788. The Morgan fingerprint density at radius 1 is 1.35 bits per heavy atom. The topological polar surface area (TPSA) is 107 Å². The number of fused-ring (bicyclic) bond motifs is 2. The molecule has 0 saturated heterocycles. The lowest BCUT2D eigenvalue weighted by atomic mass is 9.98. The number of nitrogens with zero attached hydrogens (tertiary/aromatic N) is 2. The van der Waals surface area contributed by atoms with Gasteiger partial charge in [0, 0.05) is 17.5 Å². The van der Waals surface area contributed by atoms with E-state index >= 15 is 0 Å². The summed E-state index contributed by atoms with van der Waals surface area (Å²) in [5.41, 5.74) is 13.8. The molecular formula is C14H12N4O2. The van der Waals surface area contributed by atoms with Crippen LogP contribution in [-0.2, 0) is 6.42 Å². The van der Waals surface area contributed by atoms with Crippen LogP contribution in [-0.4, -0.2) is 12.1 Å². The van der Waals surface area contributed by atoms with Crippen LogP contribution in [0.4, 0.5) is 11.5 Å². The van der Waals surface area contributed by atoms with Crippen LogP contribution in [0.15, 0.2) is 18.2 Å². The lowest BCUT2D eigenvalue weighted by Gasteiger charge is -2.23. The Labute approximate surface area is 115 Å². The van der Waals surface area contributed by atoms with Gasteiger partial charge in [0.2, 0.25) is 5.88 Å². The van der Waals surface area contributed by atoms with E-state index < -0.39 is 0 Å². The molecule has 0 spiro atoms. The smallest absolute Gasteiger partial charge is 0.226 e. The molecule has 0 saturated carbocycles. The number of methoxy groups -OCH3 is 1. The average Bonchev–Trinajstić information content (AvgIpc) is 2.45. The molecule has 0 fully saturated rings. The molecule has 1 aromatic heterocycles. The Hall–Kier alpha value is -2.94. The SMILES string of the molecule is COc1cccc2c1Cc1c(nc(N)c(C#N)c1N)O2. The number of aromatic nitrogens is 1. The summed E-state index contributed by atoms with van der Waals surface area (Å²) in [5, 5.41) is 9.08. The van der Waals surface area contributed by atoms with Gasteiger partial charge in [0.05, 0.1) is 12.8 Å². The molecule has 0 unspecified atom stereocenters. The number of ether oxygens (including phenoxy) is 2. The van der Waals surface area contributed by atoms with Gasteiger partial charge in [0.1, 0.15) is 28.9 Å². The van der Waals surface area contributed by atoms with Crippen molar-refractivity contribution in [2.45, 2.75) is 6.42 Å². The standard InChI is InChI=1S/C14H12N4O2/c1-19-10-3-2-4-11-7(10)5-8-12(16)9(6-15)13(17)18-14(8)20-11/h2-4H,5H2,1H3,(H4,16,17,18). The summed E-state index contributed by atoms with van der Waals surface area (Å²) in [5.74, 6) is 1.80. The molecule has 100 valence electrons. The highest BCUT2D eigenvalue weighted by atomic mass is 16.5. The highest BCUT2D eigenvalue weighted by molar-refractivity contribution is 5.72. The summed E-state index contributed by atoms with van der Waals surface area (Å²) in [6.07, 6.45) is 0.489. The van der Waals surface area contributed by atoms with Crippen molar-refractivity contribution < 1.29 is 9.47 Å². The summed E-state index contributed by atoms with van der Waals surface area (Å²) in [7, 11) is 1.59. The molecule has 4 N–H and O–H groups in total. The summed E-state index contributed by atoms with van der Waals surface area (Å²) in [4.78, 5) is 4.11. The van der Waals surface area contributed by atoms with Gasteiger partial charge in [0.25, 0.3) is 0 Å². The van der Waals surface area contributed by atoms with E-state index in [2.05, 4.69) is 4.98 Å². The maximum absolute atomic E-state index is 9.08. The van der Waals surface area contributed by atoms with E-state index in [4.69, 9.17) is 26.2 Å². The molecule has 20 heavy (non-hydrogen) atoms. The van der Waals surface area contributed by atoms with E-state index in [0.717, 1.165) is 5.56 Å². The number of hydrogen-bond donors (Lipinski definition) is 2. The van der Waals surface area contributed by atoms with Crippen LogP contribution in [0.3, 0.4) is 0 Å². The second-order valence-corrected chi connectivity index (χ2v) is 4.40. The van der Waals surface area contributed by atoms with Crippen LogP contribution in [0.2, 0.25) is 0 Å². The molecule has 1 aliphatic heterocycles. The normalized spacial score (nSPS) is 11.8. The van der Waals surface area contributed by atoms with Crippen molar-refractivity contribution >= 4 is 11.5 Å². The molecule has 0 bridgehead atoms. The van der Waals surface area contributed by atoms with Crippen molar-refractivity contribution in [2.24, 2.45) is 0 Å². The third kappa shape index (κ3) is 1.61. The van der Waals surface area contributed by atoms with Gasteiger partial charge in [-0.2, -0.15) is 10.2 Å². The van der Waals surface area contributed by atoms with E-state index in [9.17, 15) is 0 Å². The van der Waals surface area contributed by atoms with E-state index in [1.165, 1.54) is 0 Å². The molecule has 6 nitrogen and oxygen atoms in total. The highest BCUT2D eigenvalue weighted by Crippen LogP contribution is 2.43. The maximum Gasteiger partial charge on any atom is 0.226 e. The van der Waals surface area contributed by atoms with E-state index in [0.29, 0.717) is 35.1 Å². The van der Waals surface area contributed by atoms with Crippen molar-refractivity contribution in [1.29, 1.82) is 5.26 Å². The zero-order chi connectivity index (χ0) is 14.3. The molecule has 0 radical (unpaired) electrons. The van der Waals surface area contributed by atoms with Crippen molar-refractivity contribution in [2.75, 3.05) is 18.6 Å². The maximum atomic E-state index is 9.08. The van der Waals surface area contributed by atoms with Gasteiger partial charge >= 0.3 is 0 Å². The van der Waals surface area contributed by atoms with Crippen LogP contribution >= 0.6 is 0 Å². The molecule has 2 aromatic rings. The Bertz CT molecular complexity index is 750. The zero-order valence-corrected chi connectivity index (χ0v) is 10.8. The number of pyridine rings is 1. The Morgan fingerprint density at radius 3 is 2.85 bits per heavy atom. The lowest BCUT2D eigenvalue weighted by molar-refractivity contribution is 0.394. The molecule has 6 heteroatoms. The number of nitrogens with two attached hydrogens (primary N) is 2. The average molecular weight is 268 g/mol. The van der Waals surface area contributed by atoms with Crippen LogP contribution in [0.1, 0.15) is 16.7 Å². The fraction of sp³-hybridized carbons (Fsp3) is 0.143. The Kier molecular flexibility index (Phi) is 2.61. The number of benzene rings is 1. The zero-order valence-electron chi connectivity index (χ0n) is 10.8. The molecule has 0 aliphatic carbocycles. The predicted octanol–water partition coefficient (Wildman–Crippen LogP) is 1.82. The molecule has 1 aromatic carbocycles. The first-order valence-electron chi connectivity index (χ1n) is 5.97. The largest absolute Gasteiger partial charge is 0.496 e. The second-order valence-electron chi connectivity index (χ2n) is 4.40. The number of nitriles is 1. The van der Waals surface area contributed by atoms with E-state index in [1.807, 2.05) is 24.3 Å².